The van der Waals surface area contributed by atoms with Crippen molar-refractivity contribution in [2.24, 2.45) is 5.92 Å². The van der Waals surface area contributed by atoms with E-state index in [0.29, 0.717) is 0 Å². The van der Waals surface area contributed by atoms with Crippen LogP contribution in [0.15, 0.2) is 0 Å². The minimum absolute atomic E-state index is 0.0635. The third-order valence-electron chi connectivity index (χ3n) is 3.12. The third kappa shape index (κ3) is 2.47. The van der Waals surface area contributed by atoms with Gasteiger partial charge in [0.25, 0.3) is 0 Å². The molecule has 0 spiro atoms. The molecule has 0 amide bonds. The highest BCUT2D eigenvalue weighted by molar-refractivity contribution is 5.72. The molecule has 3 heteroatoms. The van der Waals surface area contributed by atoms with Crippen LogP contribution in [0, 0.1) is 5.92 Å². The second-order valence-corrected chi connectivity index (χ2v) is 4.48. The van der Waals surface area contributed by atoms with Crippen LogP contribution in [0.25, 0.3) is 0 Å². The van der Waals surface area contributed by atoms with Gasteiger partial charge in [0.1, 0.15) is 6.10 Å². The fraction of sp³-hybridized carbons (Fsp3) is 0.909. The molecule has 1 aliphatic carbocycles. The Bertz CT molecular complexity index is 211. The SMILES string of the molecule is CCC(C)C(=O)OC1CCCC1(C)O. The molecule has 1 rings (SSSR count). The quantitative estimate of drug-likeness (QED) is 0.707. The van der Waals surface area contributed by atoms with Crippen LogP contribution in [0.5, 0.6) is 0 Å². The molecule has 82 valence electrons. The molecule has 0 aromatic rings. The molecule has 1 saturated carbocycles. The van der Waals surface area contributed by atoms with Crippen LogP contribution in [0.1, 0.15) is 46.5 Å². The minimum atomic E-state index is -0.816. The Hall–Kier alpha value is -0.570. The van der Waals surface area contributed by atoms with E-state index in [0.717, 1.165) is 25.7 Å². The van der Waals surface area contributed by atoms with E-state index >= 15 is 0 Å². The molecule has 3 atom stereocenters. The first-order valence-electron chi connectivity index (χ1n) is 5.40. The second kappa shape index (κ2) is 4.30. The van der Waals surface area contributed by atoms with Gasteiger partial charge in [-0.3, -0.25) is 4.79 Å². The lowest BCUT2D eigenvalue weighted by atomic mass is 10.0. The second-order valence-electron chi connectivity index (χ2n) is 4.48. The van der Waals surface area contributed by atoms with Crippen LogP contribution in [0.2, 0.25) is 0 Å². The Morgan fingerprint density at radius 1 is 1.71 bits per heavy atom. The van der Waals surface area contributed by atoms with Gasteiger partial charge in [0, 0.05) is 0 Å². The molecule has 1 N–H and O–H groups in total. The van der Waals surface area contributed by atoms with Crippen LogP contribution in [0.3, 0.4) is 0 Å². The first-order chi connectivity index (χ1) is 6.47. The summed E-state index contributed by atoms with van der Waals surface area (Å²) in [5.74, 6) is -0.244. The summed E-state index contributed by atoms with van der Waals surface area (Å²) in [5.41, 5.74) is -0.816. The molecular formula is C11H20O3. The molecule has 3 nitrogen and oxygen atoms in total. The fourth-order valence-corrected chi connectivity index (χ4v) is 1.73. The summed E-state index contributed by atoms with van der Waals surface area (Å²) < 4.78 is 5.29. The molecule has 0 radical (unpaired) electrons. The van der Waals surface area contributed by atoms with Gasteiger partial charge in [0.05, 0.1) is 11.5 Å². The van der Waals surface area contributed by atoms with Crippen molar-refractivity contribution in [3.63, 3.8) is 0 Å². The first-order valence-corrected chi connectivity index (χ1v) is 5.40. The van der Waals surface area contributed by atoms with E-state index in [2.05, 4.69) is 0 Å². The Morgan fingerprint density at radius 2 is 2.36 bits per heavy atom. The number of hydrogen-bond acceptors (Lipinski definition) is 3. The summed E-state index contributed by atoms with van der Waals surface area (Å²) in [4.78, 5) is 11.5. The number of carbonyl (C=O) groups excluding carboxylic acids is 1. The van der Waals surface area contributed by atoms with E-state index in [-0.39, 0.29) is 18.0 Å². The van der Waals surface area contributed by atoms with Gasteiger partial charge in [-0.2, -0.15) is 0 Å². The van der Waals surface area contributed by atoms with Gasteiger partial charge < -0.3 is 9.84 Å². The fourth-order valence-electron chi connectivity index (χ4n) is 1.73. The lowest BCUT2D eigenvalue weighted by Crippen LogP contribution is -2.38. The summed E-state index contributed by atoms with van der Waals surface area (Å²) in [6.07, 6.45) is 2.93. The molecule has 0 aromatic carbocycles. The van der Waals surface area contributed by atoms with Crippen molar-refractivity contribution in [3.8, 4) is 0 Å². The summed E-state index contributed by atoms with van der Waals surface area (Å²) >= 11 is 0. The molecule has 0 heterocycles. The predicted octanol–water partition coefficient (Wildman–Crippen LogP) is 1.88. The van der Waals surface area contributed by atoms with E-state index < -0.39 is 5.60 Å². The number of aliphatic hydroxyl groups is 1. The Balaban J connectivity index is 2.48. The Kier molecular flexibility index (Phi) is 3.53. The lowest BCUT2D eigenvalue weighted by Gasteiger charge is -2.26. The molecule has 0 bridgehead atoms. The standard InChI is InChI=1S/C11H20O3/c1-4-8(2)10(12)14-9-6-5-7-11(9,3)13/h8-9,13H,4-7H2,1-3H3. The maximum atomic E-state index is 11.5. The number of hydrogen-bond donors (Lipinski definition) is 1. The van der Waals surface area contributed by atoms with E-state index in [9.17, 15) is 9.90 Å². The summed E-state index contributed by atoms with van der Waals surface area (Å²) in [5, 5.41) is 9.88. The number of rotatable bonds is 3. The van der Waals surface area contributed by atoms with Gasteiger partial charge in [-0.15, -0.1) is 0 Å². The predicted molar refractivity (Wildman–Crippen MR) is 53.8 cm³/mol. The van der Waals surface area contributed by atoms with E-state index in [4.69, 9.17) is 4.74 Å². The van der Waals surface area contributed by atoms with Crippen molar-refractivity contribution in [2.75, 3.05) is 0 Å². The lowest BCUT2D eigenvalue weighted by molar-refractivity contribution is -0.164. The maximum Gasteiger partial charge on any atom is 0.309 e. The monoisotopic (exact) mass is 200 g/mol. The van der Waals surface area contributed by atoms with E-state index in [1.807, 2.05) is 13.8 Å². The zero-order valence-corrected chi connectivity index (χ0v) is 9.25. The highest BCUT2D eigenvalue weighted by Gasteiger charge is 2.39. The summed E-state index contributed by atoms with van der Waals surface area (Å²) in [6, 6.07) is 0. The van der Waals surface area contributed by atoms with Gasteiger partial charge in [0.2, 0.25) is 0 Å². The highest BCUT2D eigenvalue weighted by Crippen LogP contribution is 2.32. The van der Waals surface area contributed by atoms with Crippen molar-refractivity contribution in [2.45, 2.75) is 58.2 Å². The summed E-state index contributed by atoms with van der Waals surface area (Å²) in [6.45, 7) is 5.55. The number of esters is 1. The van der Waals surface area contributed by atoms with Gasteiger partial charge in [0.15, 0.2) is 0 Å². The maximum absolute atomic E-state index is 11.5. The Morgan fingerprint density at radius 3 is 2.79 bits per heavy atom. The first kappa shape index (κ1) is 11.5. The number of carbonyl (C=O) groups is 1. The zero-order valence-electron chi connectivity index (χ0n) is 9.25. The van der Waals surface area contributed by atoms with Crippen molar-refractivity contribution >= 4 is 5.97 Å². The summed E-state index contributed by atoms with van der Waals surface area (Å²) in [7, 11) is 0. The van der Waals surface area contributed by atoms with Gasteiger partial charge in [-0.25, -0.2) is 0 Å². The highest BCUT2D eigenvalue weighted by atomic mass is 16.6. The van der Waals surface area contributed by atoms with Crippen LogP contribution in [0.4, 0.5) is 0 Å². The van der Waals surface area contributed by atoms with Gasteiger partial charge >= 0.3 is 5.97 Å². The van der Waals surface area contributed by atoms with E-state index in [1.165, 1.54) is 0 Å². The van der Waals surface area contributed by atoms with Crippen LogP contribution in [-0.2, 0) is 9.53 Å². The largest absolute Gasteiger partial charge is 0.459 e. The van der Waals surface area contributed by atoms with Crippen molar-refractivity contribution in [1.29, 1.82) is 0 Å². The van der Waals surface area contributed by atoms with Crippen LogP contribution < -0.4 is 0 Å². The van der Waals surface area contributed by atoms with Gasteiger partial charge in [-0.05, 0) is 32.6 Å². The van der Waals surface area contributed by atoms with Crippen LogP contribution >= 0.6 is 0 Å². The molecule has 1 aliphatic rings. The molecule has 3 unspecified atom stereocenters. The normalized spacial score (nSPS) is 34.1. The smallest absolute Gasteiger partial charge is 0.309 e. The molecule has 1 fully saturated rings. The average molecular weight is 200 g/mol. The average Bonchev–Trinajstić information content (AvgIpc) is 2.44. The van der Waals surface area contributed by atoms with Crippen molar-refractivity contribution < 1.29 is 14.6 Å². The molecule has 0 aliphatic heterocycles. The number of ether oxygens (including phenoxy) is 1. The molecule has 0 saturated heterocycles. The molecular weight excluding hydrogens is 180 g/mol. The third-order valence-corrected chi connectivity index (χ3v) is 3.12. The van der Waals surface area contributed by atoms with Crippen molar-refractivity contribution in [3.05, 3.63) is 0 Å². The van der Waals surface area contributed by atoms with Crippen molar-refractivity contribution in [1.82, 2.24) is 0 Å². The molecule has 0 aromatic heterocycles. The van der Waals surface area contributed by atoms with Crippen LogP contribution in [-0.4, -0.2) is 22.8 Å². The van der Waals surface area contributed by atoms with Gasteiger partial charge in [-0.1, -0.05) is 13.8 Å². The van der Waals surface area contributed by atoms with E-state index in [1.54, 1.807) is 6.92 Å². The topological polar surface area (TPSA) is 46.5 Å². The minimum Gasteiger partial charge on any atom is -0.459 e. The Labute approximate surface area is 85.5 Å². The molecule has 14 heavy (non-hydrogen) atoms. The zero-order chi connectivity index (χ0) is 10.8.